The summed E-state index contributed by atoms with van der Waals surface area (Å²) in [4.78, 5) is 4.19. The van der Waals surface area contributed by atoms with Crippen molar-refractivity contribution in [1.82, 2.24) is 24.5 Å². The highest BCUT2D eigenvalue weighted by molar-refractivity contribution is 9.11. The Morgan fingerprint density at radius 2 is 2.13 bits per heavy atom. The molecule has 0 radical (unpaired) electrons. The van der Waals surface area contributed by atoms with Crippen LogP contribution in [-0.2, 0) is 13.1 Å². The second-order valence-electron chi connectivity index (χ2n) is 2.94. The smallest absolute Gasteiger partial charge is 0.148 e. The van der Waals surface area contributed by atoms with Crippen LogP contribution in [0.3, 0.4) is 0 Å². The standard InChI is InChI=1S/C8H9Br2N5/c1-2-14-8(11-5-12-14)4-15-7(10)3-6(9)13-15/h3,5H,2,4H2,1H3. The Morgan fingerprint density at radius 3 is 2.73 bits per heavy atom. The summed E-state index contributed by atoms with van der Waals surface area (Å²) in [5.74, 6) is 0.897. The summed E-state index contributed by atoms with van der Waals surface area (Å²) in [5, 5.41) is 8.37. The van der Waals surface area contributed by atoms with E-state index >= 15 is 0 Å². The zero-order chi connectivity index (χ0) is 10.8. The first-order valence-corrected chi connectivity index (χ1v) is 6.05. The largest absolute Gasteiger partial charge is 0.250 e. The number of rotatable bonds is 3. The lowest BCUT2D eigenvalue weighted by Gasteiger charge is -2.03. The number of aryl methyl sites for hydroxylation is 1. The highest BCUT2D eigenvalue weighted by Gasteiger charge is 2.08. The number of hydrogen-bond acceptors (Lipinski definition) is 3. The number of nitrogens with zero attached hydrogens (tertiary/aromatic N) is 5. The van der Waals surface area contributed by atoms with E-state index in [1.54, 1.807) is 6.33 Å². The molecule has 0 fully saturated rings. The molecule has 0 aromatic carbocycles. The molecule has 2 aromatic rings. The summed E-state index contributed by atoms with van der Waals surface area (Å²) in [6.45, 7) is 3.46. The molecule has 0 saturated carbocycles. The van der Waals surface area contributed by atoms with Crippen molar-refractivity contribution in [3.8, 4) is 0 Å². The normalized spacial score (nSPS) is 10.9. The van der Waals surface area contributed by atoms with Gasteiger partial charge in [0.25, 0.3) is 0 Å². The van der Waals surface area contributed by atoms with E-state index in [2.05, 4.69) is 47.0 Å². The molecule has 0 unspecified atom stereocenters. The molecule has 80 valence electrons. The molecular weight excluding hydrogens is 326 g/mol. The number of halogens is 2. The molecule has 0 amide bonds. The van der Waals surface area contributed by atoms with Crippen LogP contribution in [0.2, 0.25) is 0 Å². The topological polar surface area (TPSA) is 48.5 Å². The third-order valence-corrected chi connectivity index (χ3v) is 3.01. The maximum Gasteiger partial charge on any atom is 0.148 e. The van der Waals surface area contributed by atoms with Gasteiger partial charge in [0.15, 0.2) is 0 Å². The van der Waals surface area contributed by atoms with Crippen molar-refractivity contribution >= 4 is 31.9 Å². The third-order valence-electron chi connectivity index (χ3n) is 1.99. The van der Waals surface area contributed by atoms with Crippen LogP contribution >= 0.6 is 31.9 Å². The maximum absolute atomic E-state index is 4.27. The molecule has 0 aliphatic heterocycles. The predicted octanol–water partition coefficient (Wildman–Crippen LogP) is 2.07. The zero-order valence-corrected chi connectivity index (χ0v) is 11.2. The van der Waals surface area contributed by atoms with Crippen molar-refractivity contribution < 1.29 is 0 Å². The maximum atomic E-state index is 4.27. The van der Waals surface area contributed by atoms with Crippen LogP contribution < -0.4 is 0 Å². The van der Waals surface area contributed by atoms with Crippen molar-refractivity contribution in [2.45, 2.75) is 20.0 Å². The molecule has 15 heavy (non-hydrogen) atoms. The van der Waals surface area contributed by atoms with Crippen LogP contribution in [0.1, 0.15) is 12.7 Å². The Labute approximate surface area is 104 Å². The van der Waals surface area contributed by atoms with Crippen LogP contribution in [0, 0.1) is 0 Å². The molecule has 0 atom stereocenters. The fourth-order valence-electron chi connectivity index (χ4n) is 1.28. The summed E-state index contributed by atoms with van der Waals surface area (Å²) in [7, 11) is 0. The molecule has 0 saturated heterocycles. The Hall–Kier alpha value is -0.690. The first-order chi connectivity index (χ1) is 7.20. The van der Waals surface area contributed by atoms with Crippen molar-refractivity contribution in [2.75, 3.05) is 0 Å². The SMILES string of the molecule is CCn1ncnc1Cn1nc(Br)cc1Br. The molecule has 0 aliphatic rings. The van der Waals surface area contributed by atoms with Gasteiger partial charge in [0, 0.05) is 12.6 Å². The second kappa shape index (κ2) is 4.44. The molecular formula is C8H9Br2N5. The first-order valence-electron chi connectivity index (χ1n) is 4.46. The second-order valence-corrected chi connectivity index (χ2v) is 4.56. The average Bonchev–Trinajstić information content (AvgIpc) is 2.74. The van der Waals surface area contributed by atoms with Crippen molar-refractivity contribution in [1.29, 1.82) is 0 Å². The molecule has 0 spiro atoms. The molecule has 2 aromatic heterocycles. The molecule has 7 heteroatoms. The van der Waals surface area contributed by atoms with E-state index in [1.165, 1.54) is 0 Å². The summed E-state index contributed by atoms with van der Waals surface area (Å²) in [5.41, 5.74) is 0. The van der Waals surface area contributed by atoms with Gasteiger partial charge in [-0.1, -0.05) is 0 Å². The van der Waals surface area contributed by atoms with Gasteiger partial charge in [-0.15, -0.1) is 0 Å². The lowest BCUT2D eigenvalue weighted by molar-refractivity contribution is 0.561. The number of aromatic nitrogens is 5. The van der Waals surface area contributed by atoms with Gasteiger partial charge in [-0.05, 0) is 38.8 Å². The number of hydrogen-bond donors (Lipinski definition) is 0. The summed E-state index contributed by atoms with van der Waals surface area (Å²) < 4.78 is 5.39. The average molecular weight is 335 g/mol. The minimum Gasteiger partial charge on any atom is -0.250 e. The lowest BCUT2D eigenvalue weighted by Crippen LogP contribution is -2.10. The van der Waals surface area contributed by atoms with Crippen molar-refractivity contribution in [3.63, 3.8) is 0 Å². The van der Waals surface area contributed by atoms with Gasteiger partial charge in [-0.2, -0.15) is 10.2 Å². The van der Waals surface area contributed by atoms with Gasteiger partial charge in [0.2, 0.25) is 0 Å². The third kappa shape index (κ3) is 2.28. The Morgan fingerprint density at radius 1 is 1.33 bits per heavy atom. The van der Waals surface area contributed by atoms with Crippen molar-refractivity contribution in [2.24, 2.45) is 0 Å². The highest BCUT2D eigenvalue weighted by atomic mass is 79.9. The fourth-order valence-corrected chi connectivity index (χ4v) is 2.42. The van der Waals surface area contributed by atoms with E-state index in [1.807, 2.05) is 22.4 Å². The molecule has 2 rings (SSSR count). The van der Waals surface area contributed by atoms with Gasteiger partial charge in [0.1, 0.15) is 27.9 Å². The predicted molar refractivity (Wildman–Crippen MR) is 62.4 cm³/mol. The van der Waals surface area contributed by atoms with E-state index < -0.39 is 0 Å². The Balaban J connectivity index is 2.25. The van der Waals surface area contributed by atoms with E-state index in [-0.39, 0.29) is 0 Å². The lowest BCUT2D eigenvalue weighted by atomic mass is 10.5. The van der Waals surface area contributed by atoms with E-state index in [0.29, 0.717) is 6.54 Å². The molecule has 0 bridgehead atoms. The monoisotopic (exact) mass is 333 g/mol. The van der Waals surface area contributed by atoms with Crippen LogP contribution in [0.15, 0.2) is 21.6 Å². The van der Waals surface area contributed by atoms with Crippen LogP contribution in [0.25, 0.3) is 0 Å². The quantitative estimate of drug-likeness (QED) is 0.863. The van der Waals surface area contributed by atoms with Crippen LogP contribution in [0.4, 0.5) is 0 Å². The molecule has 5 nitrogen and oxygen atoms in total. The minimum absolute atomic E-state index is 0.611. The van der Waals surface area contributed by atoms with Gasteiger partial charge in [0.05, 0.1) is 0 Å². The fraction of sp³-hybridized carbons (Fsp3) is 0.375. The highest BCUT2D eigenvalue weighted by Crippen LogP contribution is 2.17. The summed E-state index contributed by atoms with van der Waals surface area (Å²) in [6.07, 6.45) is 1.56. The van der Waals surface area contributed by atoms with Crippen molar-refractivity contribution in [3.05, 3.63) is 27.4 Å². The van der Waals surface area contributed by atoms with E-state index in [9.17, 15) is 0 Å². The molecule has 0 N–H and O–H groups in total. The van der Waals surface area contributed by atoms with E-state index in [0.717, 1.165) is 21.6 Å². The minimum atomic E-state index is 0.611. The van der Waals surface area contributed by atoms with E-state index in [4.69, 9.17) is 0 Å². The van der Waals surface area contributed by atoms with Crippen LogP contribution in [-0.4, -0.2) is 24.5 Å². The van der Waals surface area contributed by atoms with Gasteiger partial charge < -0.3 is 0 Å². The Kier molecular flexibility index (Phi) is 3.20. The summed E-state index contributed by atoms with van der Waals surface area (Å²) in [6, 6.07) is 1.90. The van der Waals surface area contributed by atoms with Gasteiger partial charge in [-0.25, -0.2) is 14.3 Å². The molecule has 2 heterocycles. The molecule has 0 aliphatic carbocycles. The summed E-state index contributed by atoms with van der Waals surface area (Å²) >= 11 is 6.74. The first kappa shape index (κ1) is 10.8. The van der Waals surface area contributed by atoms with Gasteiger partial charge in [-0.3, -0.25) is 0 Å². The van der Waals surface area contributed by atoms with Gasteiger partial charge >= 0.3 is 0 Å². The van der Waals surface area contributed by atoms with Crippen LogP contribution in [0.5, 0.6) is 0 Å². The zero-order valence-electron chi connectivity index (χ0n) is 8.06. The Bertz CT molecular complexity index is 461.